The number of carbonyl (C=O) groups is 2. The number of rotatable bonds is 8. The van der Waals surface area contributed by atoms with Crippen LogP contribution in [0.5, 0.6) is 0 Å². The van der Waals surface area contributed by atoms with E-state index in [1.54, 1.807) is 30.3 Å². The minimum absolute atomic E-state index is 0.0897. The Morgan fingerprint density at radius 2 is 1.88 bits per heavy atom. The quantitative estimate of drug-likeness (QED) is 0.606. The Kier molecular flexibility index (Phi) is 7.48. The molecule has 2 aromatic carbocycles. The molecule has 2 rings (SSSR count). The second kappa shape index (κ2) is 9.82. The van der Waals surface area contributed by atoms with Crippen LogP contribution in [0.1, 0.15) is 35.7 Å². The lowest BCUT2D eigenvalue weighted by atomic mass is 10.2. The van der Waals surface area contributed by atoms with E-state index in [0.717, 1.165) is 18.4 Å². The van der Waals surface area contributed by atoms with Crippen LogP contribution in [0.4, 0.5) is 11.4 Å². The fourth-order valence-corrected chi connectivity index (χ4v) is 2.49. The molecule has 2 aromatic rings. The van der Waals surface area contributed by atoms with Crippen molar-refractivity contribution in [2.45, 2.75) is 26.7 Å². The van der Waals surface area contributed by atoms with Crippen molar-refractivity contribution in [3.05, 3.63) is 58.6 Å². The molecule has 0 aliphatic heterocycles. The number of aryl methyl sites for hydroxylation is 1. The minimum atomic E-state index is -0.192. The highest BCUT2D eigenvalue weighted by molar-refractivity contribution is 6.31. The molecule has 0 aliphatic rings. The van der Waals surface area contributed by atoms with Gasteiger partial charge in [-0.05, 0) is 49.2 Å². The Bertz CT molecular complexity index is 777. The SMILES string of the molecule is CCCCNC(=O)c1cccc(NCC(=O)Nc2ccc(C)c(Cl)c2)c1. The number of anilines is 2. The van der Waals surface area contributed by atoms with Crippen molar-refractivity contribution in [2.75, 3.05) is 23.7 Å². The predicted molar refractivity (Wildman–Crippen MR) is 107 cm³/mol. The van der Waals surface area contributed by atoms with E-state index in [9.17, 15) is 9.59 Å². The molecule has 0 saturated carbocycles. The van der Waals surface area contributed by atoms with Crippen molar-refractivity contribution < 1.29 is 9.59 Å². The fourth-order valence-electron chi connectivity index (χ4n) is 2.31. The van der Waals surface area contributed by atoms with Crippen molar-refractivity contribution in [2.24, 2.45) is 0 Å². The van der Waals surface area contributed by atoms with E-state index >= 15 is 0 Å². The summed E-state index contributed by atoms with van der Waals surface area (Å²) in [4.78, 5) is 24.2. The van der Waals surface area contributed by atoms with Crippen LogP contribution >= 0.6 is 11.6 Å². The molecule has 3 N–H and O–H groups in total. The zero-order valence-electron chi connectivity index (χ0n) is 15.1. The number of benzene rings is 2. The van der Waals surface area contributed by atoms with E-state index in [0.29, 0.717) is 28.5 Å². The van der Waals surface area contributed by atoms with Crippen LogP contribution in [-0.2, 0) is 4.79 Å². The van der Waals surface area contributed by atoms with Gasteiger partial charge in [0.15, 0.2) is 0 Å². The van der Waals surface area contributed by atoms with Crippen LogP contribution in [-0.4, -0.2) is 24.9 Å². The maximum absolute atomic E-state index is 12.1. The molecule has 138 valence electrons. The van der Waals surface area contributed by atoms with Gasteiger partial charge < -0.3 is 16.0 Å². The first-order valence-corrected chi connectivity index (χ1v) is 9.05. The molecule has 0 spiro atoms. The molecule has 26 heavy (non-hydrogen) atoms. The summed E-state index contributed by atoms with van der Waals surface area (Å²) in [5, 5.41) is 9.30. The van der Waals surface area contributed by atoms with E-state index < -0.39 is 0 Å². The van der Waals surface area contributed by atoms with E-state index in [4.69, 9.17) is 11.6 Å². The number of unbranched alkanes of at least 4 members (excludes halogenated alkanes) is 1. The molecule has 2 amide bonds. The van der Waals surface area contributed by atoms with E-state index in [-0.39, 0.29) is 18.4 Å². The average molecular weight is 374 g/mol. The van der Waals surface area contributed by atoms with Crippen LogP contribution in [0, 0.1) is 6.92 Å². The van der Waals surface area contributed by atoms with Gasteiger partial charge in [0.25, 0.3) is 5.91 Å². The summed E-state index contributed by atoms with van der Waals surface area (Å²) in [7, 11) is 0. The van der Waals surface area contributed by atoms with Gasteiger partial charge in [0.2, 0.25) is 5.91 Å². The van der Waals surface area contributed by atoms with Crippen LogP contribution in [0.2, 0.25) is 5.02 Å². The summed E-state index contributed by atoms with van der Waals surface area (Å²) in [5.74, 6) is -0.302. The number of halogens is 1. The van der Waals surface area contributed by atoms with Gasteiger partial charge in [0.1, 0.15) is 0 Å². The largest absolute Gasteiger partial charge is 0.376 e. The Morgan fingerprint density at radius 1 is 1.08 bits per heavy atom. The minimum Gasteiger partial charge on any atom is -0.376 e. The number of hydrogen-bond acceptors (Lipinski definition) is 3. The van der Waals surface area contributed by atoms with Gasteiger partial charge in [-0.1, -0.05) is 37.1 Å². The molecule has 0 atom stereocenters. The molecule has 0 aliphatic carbocycles. The average Bonchev–Trinajstić information content (AvgIpc) is 2.63. The predicted octanol–water partition coefficient (Wildman–Crippen LogP) is 4.23. The molecule has 0 unspecified atom stereocenters. The van der Waals surface area contributed by atoms with Crippen molar-refractivity contribution in [1.29, 1.82) is 0 Å². The lowest BCUT2D eigenvalue weighted by Gasteiger charge is -2.10. The van der Waals surface area contributed by atoms with Crippen LogP contribution in [0.25, 0.3) is 0 Å². The molecular weight excluding hydrogens is 350 g/mol. The molecule has 5 nitrogen and oxygen atoms in total. The first kappa shape index (κ1) is 19.8. The highest BCUT2D eigenvalue weighted by atomic mass is 35.5. The topological polar surface area (TPSA) is 70.2 Å². The smallest absolute Gasteiger partial charge is 0.251 e. The zero-order chi connectivity index (χ0) is 18.9. The molecule has 0 radical (unpaired) electrons. The van der Waals surface area contributed by atoms with Gasteiger partial charge in [0.05, 0.1) is 6.54 Å². The highest BCUT2D eigenvalue weighted by Crippen LogP contribution is 2.20. The lowest BCUT2D eigenvalue weighted by molar-refractivity contribution is -0.114. The maximum Gasteiger partial charge on any atom is 0.251 e. The standard InChI is InChI=1S/C20H24ClN3O2/c1-3-4-10-22-20(26)15-6-5-7-16(11-15)23-13-19(25)24-17-9-8-14(2)18(21)12-17/h5-9,11-12,23H,3-4,10,13H2,1-2H3,(H,22,26)(H,24,25). The van der Waals surface area contributed by atoms with Gasteiger partial charge in [-0.15, -0.1) is 0 Å². The summed E-state index contributed by atoms with van der Waals surface area (Å²) in [5.41, 5.74) is 2.88. The summed E-state index contributed by atoms with van der Waals surface area (Å²) < 4.78 is 0. The van der Waals surface area contributed by atoms with Crippen molar-refractivity contribution in [3.8, 4) is 0 Å². The summed E-state index contributed by atoms with van der Waals surface area (Å²) >= 11 is 6.06. The Balaban J connectivity index is 1.88. The van der Waals surface area contributed by atoms with Gasteiger partial charge >= 0.3 is 0 Å². The first-order chi connectivity index (χ1) is 12.5. The van der Waals surface area contributed by atoms with Crippen molar-refractivity contribution in [1.82, 2.24) is 5.32 Å². The Labute approximate surface area is 159 Å². The highest BCUT2D eigenvalue weighted by Gasteiger charge is 2.07. The number of carbonyl (C=O) groups excluding carboxylic acids is 2. The lowest BCUT2D eigenvalue weighted by Crippen LogP contribution is -2.25. The van der Waals surface area contributed by atoms with Crippen molar-refractivity contribution in [3.63, 3.8) is 0 Å². The summed E-state index contributed by atoms with van der Waals surface area (Å²) in [6.07, 6.45) is 1.98. The first-order valence-electron chi connectivity index (χ1n) is 8.67. The number of hydrogen-bond donors (Lipinski definition) is 3. The molecule has 0 bridgehead atoms. The molecule has 0 saturated heterocycles. The molecule has 0 aromatic heterocycles. The second-order valence-electron chi connectivity index (χ2n) is 6.06. The van der Waals surface area contributed by atoms with Gasteiger partial charge in [-0.2, -0.15) is 0 Å². The monoisotopic (exact) mass is 373 g/mol. The third-order valence-corrected chi connectivity index (χ3v) is 4.26. The Hall–Kier alpha value is -2.53. The van der Waals surface area contributed by atoms with Crippen molar-refractivity contribution >= 4 is 34.8 Å². The molecular formula is C20H24ClN3O2. The normalized spacial score (nSPS) is 10.3. The Morgan fingerprint density at radius 3 is 2.62 bits per heavy atom. The number of amides is 2. The van der Waals surface area contributed by atoms with Crippen LogP contribution in [0.3, 0.4) is 0 Å². The van der Waals surface area contributed by atoms with Gasteiger partial charge in [-0.3, -0.25) is 9.59 Å². The van der Waals surface area contributed by atoms with E-state index in [2.05, 4.69) is 22.9 Å². The maximum atomic E-state index is 12.1. The van der Waals surface area contributed by atoms with Gasteiger partial charge in [0, 0.05) is 28.5 Å². The molecule has 0 fully saturated rings. The number of nitrogens with one attached hydrogen (secondary N) is 3. The van der Waals surface area contributed by atoms with Gasteiger partial charge in [-0.25, -0.2) is 0 Å². The zero-order valence-corrected chi connectivity index (χ0v) is 15.8. The second-order valence-corrected chi connectivity index (χ2v) is 6.46. The fraction of sp³-hybridized carbons (Fsp3) is 0.300. The van der Waals surface area contributed by atoms with E-state index in [1.165, 1.54) is 0 Å². The van der Waals surface area contributed by atoms with Crippen LogP contribution < -0.4 is 16.0 Å². The molecule has 6 heteroatoms. The third-order valence-electron chi connectivity index (χ3n) is 3.85. The van der Waals surface area contributed by atoms with Crippen LogP contribution in [0.15, 0.2) is 42.5 Å². The third kappa shape index (κ3) is 6.08. The van der Waals surface area contributed by atoms with E-state index in [1.807, 2.05) is 19.1 Å². The summed E-state index contributed by atoms with van der Waals surface area (Å²) in [6.45, 7) is 4.73. The summed E-state index contributed by atoms with van der Waals surface area (Å²) in [6, 6.07) is 12.5. The molecule has 0 heterocycles.